The summed E-state index contributed by atoms with van der Waals surface area (Å²) in [4.78, 5) is 11.9. The lowest BCUT2D eigenvalue weighted by molar-refractivity contribution is 0.242. The van der Waals surface area contributed by atoms with Crippen molar-refractivity contribution in [3.8, 4) is 12.3 Å². The third-order valence-corrected chi connectivity index (χ3v) is 3.23. The zero-order valence-corrected chi connectivity index (χ0v) is 11.2. The summed E-state index contributed by atoms with van der Waals surface area (Å²) < 4.78 is 0. The van der Waals surface area contributed by atoms with Gasteiger partial charge in [-0.3, -0.25) is 0 Å². The fraction of sp³-hybridized carbons (Fsp3) is 0.400. The minimum atomic E-state index is -0.563. The van der Waals surface area contributed by atoms with Crippen LogP contribution in [0.2, 0.25) is 0 Å². The number of rotatable bonds is 4. The van der Waals surface area contributed by atoms with E-state index in [0.717, 1.165) is 11.3 Å². The van der Waals surface area contributed by atoms with E-state index in [4.69, 9.17) is 6.42 Å². The van der Waals surface area contributed by atoms with E-state index in [2.05, 4.69) is 16.6 Å². The molecular weight excluding hydrogens is 224 g/mol. The van der Waals surface area contributed by atoms with Crippen molar-refractivity contribution in [2.45, 2.75) is 39.2 Å². The predicted octanol–water partition coefficient (Wildman–Crippen LogP) is 3.31. The molecule has 0 unspecified atom stereocenters. The second-order valence-corrected chi connectivity index (χ2v) is 4.33. The summed E-state index contributed by atoms with van der Waals surface area (Å²) in [5.41, 5.74) is 1.26. The van der Waals surface area contributed by atoms with Gasteiger partial charge in [-0.1, -0.05) is 38.0 Å². The second kappa shape index (κ2) is 6.11. The first kappa shape index (κ1) is 14.1. The summed E-state index contributed by atoms with van der Waals surface area (Å²) >= 11 is 0. The Bertz CT molecular complexity index is 456. The summed E-state index contributed by atoms with van der Waals surface area (Å²) in [7, 11) is 0. The molecule has 0 radical (unpaired) electrons. The molecule has 0 saturated carbocycles. The molecule has 2 amide bonds. The number of para-hydroxylation sites is 1. The zero-order chi connectivity index (χ0) is 13.6. The Morgan fingerprint density at radius 1 is 1.33 bits per heavy atom. The molecule has 0 bridgehead atoms. The van der Waals surface area contributed by atoms with Crippen LogP contribution in [0.15, 0.2) is 24.3 Å². The molecule has 0 fully saturated rings. The molecule has 1 aromatic rings. The number of nitrogens with one attached hydrogen (secondary N) is 2. The van der Waals surface area contributed by atoms with Gasteiger partial charge in [0, 0.05) is 5.69 Å². The van der Waals surface area contributed by atoms with Crippen LogP contribution in [0.5, 0.6) is 0 Å². The Kier molecular flexibility index (Phi) is 4.79. The molecule has 0 aliphatic heterocycles. The quantitative estimate of drug-likeness (QED) is 0.784. The van der Waals surface area contributed by atoms with Gasteiger partial charge in [0.25, 0.3) is 0 Å². The van der Waals surface area contributed by atoms with Crippen molar-refractivity contribution in [3.05, 3.63) is 29.8 Å². The number of anilines is 1. The zero-order valence-electron chi connectivity index (χ0n) is 11.2. The lowest BCUT2D eigenvalue weighted by Gasteiger charge is -2.27. The smallest absolute Gasteiger partial charge is 0.320 e. The topological polar surface area (TPSA) is 41.1 Å². The van der Waals surface area contributed by atoms with Crippen LogP contribution < -0.4 is 10.6 Å². The monoisotopic (exact) mass is 244 g/mol. The highest BCUT2D eigenvalue weighted by Gasteiger charge is 2.25. The molecule has 3 heteroatoms. The summed E-state index contributed by atoms with van der Waals surface area (Å²) in [6.07, 6.45) is 6.93. The molecule has 0 aliphatic rings. The Labute approximate surface area is 109 Å². The Balaban J connectivity index is 2.74. The average molecular weight is 244 g/mol. The number of carbonyl (C=O) groups excluding carboxylic acids is 1. The fourth-order valence-corrected chi connectivity index (χ4v) is 1.75. The lowest BCUT2D eigenvalue weighted by atomic mass is 9.94. The Morgan fingerprint density at radius 2 is 1.94 bits per heavy atom. The minimum Gasteiger partial charge on any atom is -0.322 e. The van der Waals surface area contributed by atoms with Crippen molar-refractivity contribution in [1.29, 1.82) is 0 Å². The van der Waals surface area contributed by atoms with Crippen molar-refractivity contribution >= 4 is 11.7 Å². The highest BCUT2D eigenvalue weighted by atomic mass is 16.2. The number of urea groups is 1. The molecular formula is C15H20N2O. The van der Waals surface area contributed by atoms with Crippen LogP contribution >= 0.6 is 0 Å². The predicted molar refractivity (Wildman–Crippen MR) is 75.5 cm³/mol. The molecule has 0 saturated heterocycles. The summed E-state index contributed by atoms with van der Waals surface area (Å²) in [6, 6.07) is 7.37. The van der Waals surface area contributed by atoms with E-state index < -0.39 is 5.54 Å². The van der Waals surface area contributed by atoms with Crippen molar-refractivity contribution in [2.24, 2.45) is 0 Å². The number of aryl methyl sites for hydroxylation is 1. The van der Waals surface area contributed by atoms with Crippen molar-refractivity contribution in [1.82, 2.24) is 5.32 Å². The van der Waals surface area contributed by atoms with Gasteiger partial charge in [0.1, 0.15) is 5.54 Å². The van der Waals surface area contributed by atoms with E-state index >= 15 is 0 Å². The molecule has 0 aromatic heterocycles. The lowest BCUT2D eigenvalue weighted by Crippen LogP contribution is -2.48. The largest absolute Gasteiger partial charge is 0.322 e. The van der Waals surface area contributed by atoms with E-state index in [1.165, 1.54) is 0 Å². The normalized spacial score (nSPS) is 10.6. The third kappa shape index (κ3) is 3.27. The molecule has 1 rings (SSSR count). The molecule has 0 aliphatic carbocycles. The van der Waals surface area contributed by atoms with Crippen molar-refractivity contribution in [3.63, 3.8) is 0 Å². The molecule has 0 heterocycles. The van der Waals surface area contributed by atoms with Gasteiger partial charge >= 0.3 is 6.03 Å². The van der Waals surface area contributed by atoms with Crippen molar-refractivity contribution in [2.75, 3.05) is 5.32 Å². The molecule has 0 atom stereocenters. The minimum absolute atomic E-state index is 0.258. The maximum absolute atomic E-state index is 11.9. The standard InChI is InChI=1S/C15H20N2O/c1-5-15(6-2,7-3)17-14(18)16-13-11-9-8-10-12(13)4/h1,8-11H,6-7H2,2-4H3,(H2,16,17,18). The Morgan fingerprint density at radius 3 is 2.44 bits per heavy atom. The molecule has 0 spiro atoms. The van der Waals surface area contributed by atoms with Gasteiger partial charge < -0.3 is 10.6 Å². The first-order valence-electron chi connectivity index (χ1n) is 6.19. The fourth-order valence-electron chi connectivity index (χ4n) is 1.75. The van der Waals surface area contributed by atoms with Crippen LogP contribution in [0.25, 0.3) is 0 Å². The highest BCUT2D eigenvalue weighted by molar-refractivity contribution is 5.90. The van der Waals surface area contributed by atoms with Gasteiger partial charge in [-0.05, 0) is 31.4 Å². The SMILES string of the molecule is C#CC(CC)(CC)NC(=O)Nc1ccccc1C. The number of benzene rings is 1. The van der Waals surface area contributed by atoms with E-state index in [-0.39, 0.29) is 6.03 Å². The molecule has 18 heavy (non-hydrogen) atoms. The number of terminal acetylenes is 1. The number of hydrogen-bond acceptors (Lipinski definition) is 1. The van der Waals surface area contributed by atoms with E-state index in [1.807, 2.05) is 45.0 Å². The van der Waals surface area contributed by atoms with Crippen LogP contribution in [0.3, 0.4) is 0 Å². The summed E-state index contributed by atoms with van der Waals surface area (Å²) in [5.74, 6) is 2.67. The van der Waals surface area contributed by atoms with Gasteiger partial charge in [-0.15, -0.1) is 6.42 Å². The van der Waals surface area contributed by atoms with E-state index in [1.54, 1.807) is 0 Å². The third-order valence-electron chi connectivity index (χ3n) is 3.23. The van der Waals surface area contributed by atoms with Crippen LogP contribution in [-0.2, 0) is 0 Å². The highest BCUT2D eigenvalue weighted by Crippen LogP contribution is 2.16. The average Bonchev–Trinajstić information content (AvgIpc) is 2.39. The molecule has 96 valence electrons. The van der Waals surface area contributed by atoms with Gasteiger partial charge in [-0.2, -0.15) is 0 Å². The molecule has 3 nitrogen and oxygen atoms in total. The van der Waals surface area contributed by atoms with E-state index in [9.17, 15) is 4.79 Å². The summed E-state index contributed by atoms with van der Waals surface area (Å²) in [5, 5.41) is 5.69. The Hall–Kier alpha value is -1.95. The number of hydrogen-bond donors (Lipinski definition) is 2. The van der Waals surface area contributed by atoms with Gasteiger partial charge in [0.2, 0.25) is 0 Å². The van der Waals surface area contributed by atoms with Crippen LogP contribution in [0.1, 0.15) is 32.3 Å². The first-order valence-corrected chi connectivity index (χ1v) is 6.19. The maximum atomic E-state index is 11.9. The second-order valence-electron chi connectivity index (χ2n) is 4.33. The molecule has 1 aromatic carbocycles. The molecule has 2 N–H and O–H groups in total. The number of amides is 2. The van der Waals surface area contributed by atoms with E-state index in [0.29, 0.717) is 12.8 Å². The maximum Gasteiger partial charge on any atom is 0.320 e. The van der Waals surface area contributed by atoms with Crippen LogP contribution in [0, 0.1) is 19.3 Å². The van der Waals surface area contributed by atoms with Gasteiger partial charge in [0.15, 0.2) is 0 Å². The van der Waals surface area contributed by atoms with Crippen molar-refractivity contribution < 1.29 is 4.79 Å². The number of carbonyl (C=O) groups is 1. The van der Waals surface area contributed by atoms with Gasteiger partial charge in [0.05, 0.1) is 0 Å². The van der Waals surface area contributed by atoms with Gasteiger partial charge in [-0.25, -0.2) is 4.79 Å². The first-order chi connectivity index (χ1) is 8.56. The summed E-state index contributed by atoms with van der Waals surface area (Å²) in [6.45, 7) is 5.89. The van der Waals surface area contributed by atoms with Crippen LogP contribution in [-0.4, -0.2) is 11.6 Å². The van der Waals surface area contributed by atoms with Crippen LogP contribution in [0.4, 0.5) is 10.5 Å².